The van der Waals surface area contributed by atoms with Crippen molar-refractivity contribution in [2.45, 2.75) is 63.0 Å². The van der Waals surface area contributed by atoms with Crippen LogP contribution in [0, 0.1) is 11.8 Å². The number of rotatable bonds is 17. The van der Waals surface area contributed by atoms with Crippen molar-refractivity contribution in [3.05, 3.63) is 66.2 Å². The normalized spacial score (nSPS) is 14.0. The molecule has 2 aromatic carbocycles. The van der Waals surface area contributed by atoms with Gasteiger partial charge in [0.2, 0.25) is 5.91 Å². The van der Waals surface area contributed by atoms with Gasteiger partial charge in [-0.1, -0.05) is 76.2 Å². The molecule has 0 aliphatic rings. The van der Waals surface area contributed by atoms with Crippen molar-refractivity contribution >= 4 is 21.7 Å². The van der Waals surface area contributed by atoms with E-state index in [0.29, 0.717) is 13.2 Å². The second kappa shape index (κ2) is 17.2. The number of sulfone groups is 1. The number of benzene rings is 2. The lowest BCUT2D eigenvalue weighted by atomic mass is 9.99. The van der Waals surface area contributed by atoms with Gasteiger partial charge in [0.25, 0.3) is 5.91 Å². The van der Waals surface area contributed by atoms with Crippen LogP contribution >= 0.6 is 0 Å². The average Bonchev–Trinajstić information content (AvgIpc) is 2.93. The minimum absolute atomic E-state index is 0.00992. The summed E-state index contributed by atoms with van der Waals surface area (Å²) in [6.07, 6.45) is -0.817. The number of carbonyl (C=O) groups excluding carboxylic acids is 2. The summed E-state index contributed by atoms with van der Waals surface area (Å²) in [7, 11) is -2.20. The van der Waals surface area contributed by atoms with Crippen LogP contribution in [0.2, 0.25) is 0 Å². The third-order valence-electron chi connectivity index (χ3n) is 6.47. The van der Waals surface area contributed by atoms with Crippen LogP contribution in [-0.4, -0.2) is 81.2 Å². The average molecular weight is 591 g/mol. The highest BCUT2D eigenvalue weighted by molar-refractivity contribution is 7.92. The maximum Gasteiger partial charge on any atom is 0.252 e. The van der Waals surface area contributed by atoms with E-state index < -0.39 is 33.3 Å². The fraction of sp³-hybridized carbons (Fsp3) is 0.533. The van der Waals surface area contributed by atoms with Crippen molar-refractivity contribution in [1.29, 1.82) is 0 Å². The lowest BCUT2D eigenvalue weighted by Gasteiger charge is -2.36. The second-order valence-electron chi connectivity index (χ2n) is 10.8. The van der Waals surface area contributed by atoms with Gasteiger partial charge in [0.1, 0.15) is 5.37 Å². The summed E-state index contributed by atoms with van der Waals surface area (Å²) in [5, 5.41) is 17.8. The molecule has 2 rings (SSSR count). The molecule has 0 aromatic heterocycles. The van der Waals surface area contributed by atoms with E-state index in [1.165, 1.54) is 5.01 Å². The van der Waals surface area contributed by atoms with E-state index in [9.17, 15) is 23.1 Å². The lowest BCUT2D eigenvalue weighted by Crippen LogP contribution is -2.60. The van der Waals surface area contributed by atoms with Gasteiger partial charge in [-0.3, -0.25) is 20.3 Å². The summed E-state index contributed by atoms with van der Waals surface area (Å²) in [6.45, 7) is 8.09. The van der Waals surface area contributed by atoms with Gasteiger partial charge in [-0.2, -0.15) is 0 Å². The zero-order valence-electron chi connectivity index (χ0n) is 24.7. The largest absolute Gasteiger partial charge is 0.390 e. The lowest BCUT2D eigenvalue weighted by molar-refractivity contribution is -0.148. The van der Waals surface area contributed by atoms with Gasteiger partial charge in [0.15, 0.2) is 9.84 Å². The Hall–Kier alpha value is -2.83. The van der Waals surface area contributed by atoms with Gasteiger partial charge < -0.3 is 15.2 Å². The van der Waals surface area contributed by atoms with Crippen LogP contribution in [0.3, 0.4) is 0 Å². The molecule has 1 unspecified atom stereocenters. The highest BCUT2D eigenvalue weighted by atomic mass is 32.2. The molecule has 10 nitrogen and oxygen atoms in total. The number of carbonyl (C=O) groups is 2. The van der Waals surface area contributed by atoms with Crippen LogP contribution in [0.4, 0.5) is 0 Å². The number of aliphatic hydroxyl groups is 1. The zero-order chi connectivity index (χ0) is 30.4. The van der Waals surface area contributed by atoms with E-state index in [1.54, 1.807) is 51.3 Å². The van der Waals surface area contributed by atoms with Crippen LogP contribution in [0.5, 0.6) is 0 Å². The maximum atomic E-state index is 13.4. The van der Waals surface area contributed by atoms with Crippen molar-refractivity contribution in [1.82, 2.24) is 21.1 Å². The van der Waals surface area contributed by atoms with E-state index in [4.69, 9.17) is 4.74 Å². The topological polar surface area (TPSA) is 137 Å². The first kappa shape index (κ1) is 34.4. The van der Waals surface area contributed by atoms with E-state index in [-0.39, 0.29) is 48.6 Å². The molecule has 2 amide bonds. The molecular formula is C30H46N4O6S. The number of amides is 2. The van der Waals surface area contributed by atoms with Gasteiger partial charge >= 0.3 is 0 Å². The number of nitrogens with one attached hydrogen (secondary N) is 3. The van der Waals surface area contributed by atoms with Gasteiger partial charge in [-0.05, 0) is 36.0 Å². The summed E-state index contributed by atoms with van der Waals surface area (Å²) in [5.41, 5.74) is 3.55. The number of aliphatic hydroxyl groups excluding tert-OH is 1. The number of hydrogen-bond acceptors (Lipinski definition) is 8. The third kappa shape index (κ3) is 11.2. The van der Waals surface area contributed by atoms with Gasteiger partial charge in [-0.25, -0.2) is 13.4 Å². The van der Waals surface area contributed by atoms with Gasteiger partial charge in [-0.15, -0.1) is 0 Å². The van der Waals surface area contributed by atoms with Crippen LogP contribution < -0.4 is 16.1 Å². The molecule has 0 radical (unpaired) electrons. The number of hydrazine groups is 1. The van der Waals surface area contributed by atoms with Crippen molar-refractivity contribution in [2.24, 2.45) is 11.8 Å². The van der Waals surface area contributed by atoms with Gasteiger partial charge in [0, 0.05) is 26.6 Å². The minimum Gasteiger partial charge on any atom is -0.390 e. The number of nitrogens with zero attached hydrogens (tertiary/aromatic N) is 1. The molecular weight excluding hydrogens is 544 g/mol. The molecule has 0 bridgehead atoms. The molecule has 228 valence electrons. The van der Waals surface area contributed by atoms with Crippen molar-refractivity contribution < 1.29 is 27.9 Å². The fourth-order valence-corrected chi connectivity index (χ4v) is 6.28. The SMILES string of the molecule is COCCNCC(=O)NN(C(=O)CC(C)C)[C@@H](Cc1ccccc1)[C@H](O)CNC(C(C)C)S(=O)(=O)c1ccccc1. The first-order valence-corrected chi connectivity index (χ1v) is 15.6. The van der Waals surface area contributed by atoms with Gasteiger partial charge in [0.05, 0.1) is 30.2 Å². The standard InChI is InChI=1S/C30H46N4O6S/c1-22(2)18-29(37)34(33-28(36)21-31-16-17-40-5)26(19-24-12-8-6-9-13-24)27(35)20-32-30(23(3)4)41(38,39)25-14-10-7-11-15-25/h6-15,22-23,26-27,30-32,35H,16-21H2,1-5H3,(H,33,36)/t26-,27+,30?/m0/s1. The summed E-state index contributed by atoms with van der Waals surface area (Å²) >= 11 is 0. The Labute approximate surface area is 244 Å². The Kier molecular flexibility index (Phi) is 14.4. The molecule has 41 heavy (non-hydrogen) atoms. The Morgan fingerprint density at radius 2 is 1.59 bits per heavy atom. The molecule has 2 aromatic rings. The van der Waals surface area contributed by atoms with E-state index in [0.717, 1.165) is 5.56 Å². The molecule has 11 heteroatoms. The quantitative estimate of drug-likeness (QED) is 0.163. The highest BCUT2D eigenvalue weighted by Crippen LogP contribution is 2.21. The molecule has 0 saturated carbocycles. The molecule has 0 fully saturated rings. The molecule has 3 atom stereocenters. The first-order chi connectivity index (χ1) is 19.5. The summed E-state index contributed by atoms with van der Waals surface area (Å²) in [5.74, 6) is -1.09. The zero-order valence-corrected chi connectivity index (χ0v) is 25.6. The maximum absolute atomic E-state index is 13.4. The second-order valence-corrected chi connectivity index (χ2v) is 12.9. The van der Waals surface area contributed by atoms with Crippen LogP contribution in [0.15, 0.2) is 65.6 Å². The molecule has 0 aliphatic carbocycles. The molecule has 0 spiro atoms. The molecule has 0 saturated heterocycles. The Morgan fingerprint density at radius 3 is 2.15 bits per heavy atom. The Morgan fingerprint density at radius 1 is 0.976 bits per heavy atom. The van der Waals surface area contributed by atoms with Crippen molar-refractivity contribution in [3.8, 4) is 0 Å². The summed E-state index contributed by atoms with van der Waals surface area (Å²) < 4.78 is 31.8. The molecule has 0 aliphatic heterocycles. The molecule has 0 heterocycles. The highest BCUT2D eigenvalue weighted by Gasteiger charge is 2.35. The van der Waals surface area contributed by atoms with E-state index in [2.05, 4.69) is 16.1 Å². The van der Waals surface area contributed by atoms with Crippen LogP contribution in [0.1, 0.15) is 39.7 Å². The third-order valence-corrected chi connectivity index (χ3v) is 8.78. The predicted molar refractivity (Wildman–Crippen MR) is 159 cm³/mol. The van der Waals surface area contributed by atoms with Crippen molar-refractivity contribution in [3.63, 3.8) is 0 Å². The predicted octanol–water partition coefficient (Wildman–Crippen LogP) is 2.15. The minimum atomic E-state index is -3.76. The summed E-state index contributed by atoms with van der Waals surface area (Å²) in [6, 6.07) is 16.6. The number of hydrogen-bond donors (Lipinski definition) is 4. The van der Waals surface area contributed by atoms with E-state index >= 15 is 0 Å². The van der Waals surface area contributed by atoms with Crippen LogP contribution in [0.25, 0.3) is 0 Å². The number of ether oxygens (including phenoxy) is 1. The fourth-order valence-electron chi connectivity index (χ4n) is 4.42. The van der Waals surface area contributed by atoms with Crippen LogP contribution in [-0.2, 0) is 30.6 Å². The smallest absolute Gasteiger partial charge is 0.252 e. The molecule has 4 N–H and O–H groups in total. The van der Waals surface area contributed by atoms with E-state index in [1.807, 2.05) is 44.2 Å². The number of methoxy groups -OCH3 is 1. The first-order valence-electron chi connectivity index (χ1n) is 14.0. The Balaban J connectivity index is 2.34. The summed E-state index contributed by atoms with van der Waals surface area (Å²) in [4.78, 5) is 26.5. The van der Waals surface area contributed by atoms with Crippen molar-refractivity contribution in [2.75, 3.05) is 33.4 Å². The monoisotopic (exact) mass is 590 g/mol. The Bertz CT molecular complexity index is 1160.